The molecule has 0 saturated heterocycles. The van der Waals surface area contributed by atoms with Crippen molar-refractivity contribution in [3.05, 3.63) is 46.9 Å². The lowest BCUT2D eigenvalue weighted by molar-refractivity contribution is 0.579. The van der Waals surface area contributed by atoms with Gasteiger partial charge in [0, 0.05) is 29.4 Å². The summed E-state index contributed by atoms with van der Waals surface area (Å²) in [5.74, 6) is -0.557. The van der Waals surface area contributed by atoms with E-state index < -0.39 is 5.95 Å². The van der Waals surface area contributed by atoms with Gasteiger partial charge in [0.05, 0.1) is 0 Å². The van der Waals surface area contributed by atoms with Gasteiger partial charge >= 0.3 is 0 Å². The van der Waals surface area contributed by atoms with Crippen LogP contribution in [0.2, 0.25) is 0 Å². The van der Waals surface area contributed by atoms with Gasteiger partial charge in [-0.25, -0.2) is 9.97 Å². The van der Waals surface area contributed by atoms with Crippen molar-refractivity contribution in [1.29, 1.82) is 0 Å². The number of hydrogen-bond acceptors (Lipinski definition) is 4. The summed E-state index contributed by atoms with van der Waals surface area (Å²) in [5.41, 5.74) is -0.234. The van der Waals surface area contributed by atoms with Gasteiger partial charge in [-0.1, -0.05) is 11.8 Å². The summed E-state index contributed by atoms with van der Waals surface area (Å²) in [6.07, 6.45) is 2.76. The molecule has 0 aliphatic rings. The summed E-state index contributed by atoms with van der Waals surface area (Å²) in [6.45, 7) is 0. The molecule has 0 saturated carbocycles. The predicted octanol–water partition coefficient (Wildman–Crippen LogP) is 1.46. The molecule has 6 heteroatoms. The Hall–Kier alpha value is -1.69. The van der Waals surface area contributed by atoms with E-state index in [4.69, 9.17) is 0 Å². The molecule has 0 bridgehead atoms. The first kappa shape index (κ1) is 9.85. The number of hydrogen-bond donors (Lipinski definition) is 1. The van der Waals surface area contributed by atoms with Gasteiger partial charge in [0.1, 0.15) is 0 Å². The average molecular weight is 223 g/mol. The molecule has 2 rings (SSSR count). The fourth-order valence-corrected chi connectivity index (χ4v) is 1.74. The smallest absolute Gasteiger partial charge is 0.251 e. The summed E-state index contributed by atoms with van der Waals surface area (Å²) in [6, 6.07) is 4.23. The summed E-state index contributed by atoms with van der Waals surface area (Å²) >= 11 is 1.17. The minimum Gasteiger partial charge on any atom is -0.301 e. The summed E-state index contributed by atoms with van der Waals surface area (Å²) in [4.78, 5) is 21.5. The van der Waals surface area contributed by atoms with Crippen molar-refractivity contribution in [3.63, 3.8) is 0 Å². The van der Waals surface area contributed by atoms with E-state index in [2.05, 4.69) is 15.0 Å². The number of nitrogens with zero attached hydrogens (tertiary/aromatic N) is 2. The number of H-pyrrole nitrogens is 1. The Balaban J connectivity index is 2.26. The Labute approximate surface area is 88.6 Å². The maximum Gasteiger partial charge on any atom is 0.251 e. The first-order chi connectivity index (χ1) is 7.24. The van der Waals surface area contributed by atoms with E-state index in [1.807, 2.05) is 0 Å². The van der Waals surface area contributed by atoms with E-state index in [0.717, 1.165) is 0 Å². The molecular formula is C9H6FN3OS. The number of nitrogens with one attached hydrogen (secondary N) is 1. The zero-order chi connectivity index (χ0) is 10.7. The quantitative estimate of drug-likeness (QED) is 0.618. The molecule has 76 valence electrons. The van der Waals surface area contributed by atoms with Gasteiger partial charge in [-0.15, -0.1) is 0 Å². The molecule has 0 amide bonds. The van der Waals surface area contributed by atoms with Crippen LogP contribution in [0.4, 0.5) is 4.39 Å². The van der Waals surface area contributed by atoms with E-state index in [1.165, 1.54) is 36.3 Å². The van der Waals surface area contributed by atoms with Crippen molar-refractivity contribution in [2.75, 3.05) is 0 Å². The summed E-state index contributed by atoms with van der Waals surface area (Å²) < 4.78 is 12.7. The van der Waals surface area contributed by atoms with Gasteiger partial charge in [0.2, 0.25) is 5.95 Å². The Kier molecular flexibility index (Phi) is 2.77. The molecule has 4 nitrogen and oxygen atoms in total. The minimum absolute atomic E-state index is 0.234. The van der Waals surface area contributed by atoms with Gasteiger partial charge in [-0.2, -0.15) is 4.39 Å². The van der Waals surface area contributed by atoms with E-state index in [-0.39, 0.29) is 5.56 Å². The Morgan fingerprint density at radius 3 is 2.80 bits per heavy atom. The number of halogens is 1. The zero-order valence-electron chi connectivity index (χ0n) is 7.48. The van der Waals surface area contributed by atoms with Crippen molar-refractivity contribution in [2.24, 2.45) is 0 Å². The van der Waals surface area contributed by atoms with Crippen LogP contribution in [0.1, 0.15) is 0 Å². The molecule has 0 aliphatic carbocycles. The predicted molar refractivity (Wildman–Crippen MR) is 53.2 cm³/mol. The maximum absolute atomic E-state index is 12.7. The molecule has 0 atom stereocenters. The highest BCUT2D eigenvalue weighted by Crippen LogP contribution is 2.22. The van der Waals surface area contributed by atoms with Gasteiger partial charge < -0.3 is 4.98 Å². The van der Waals surface area contributed by atoms with Gasteiger partial charge in [-0.3, -0.25) is 4.79 Å². The SMILES string of the molecule is O=c1ccnc(Sc2ccnc(F)c2)[nH]1. The molecule has 0 aliphatic heterocycles. The third kappa shape index (κ3) is 2.63. The highest BCUT2D eigenvalue weighted by Gasteiger charge is 2.00. The van der Waals surface area contributed by atoms with Crippen LogP contribution in [0.15, 0.2) is 45.4 Å². The second-order valence-corrected chi connectivity index (χ2v) is 3.72. The average Bonchev–Trinajstić information content (AvgIpc) is 2.17. The second-order valence-electron chi connectivity index (χ2n) is 2.66. The highest BCUT2D eigenvalue weighted by molar-refractivity contribution is 7.99. The van der Waals surface area contributed by atoms with Crippen LogP contribution in [-0.2, 0) is 0 Å². The molecule has 2 heterocycles. The van der Waals surface area contributed by atoms with E-state index in [0.29, 0.717) is 10.1 Å². The molecule has 2 aromatic rings. The molecule has 0 radical (unpaired) electrons. The van der Waals surface area contributed by atoms with Crippen LogP contribution in [0, 0.1) is 5.95 Å². The Morgan fingerprint density at radius 1 is 1.27 bits per heavy atom. The third-order valence-corrected chi connectivity index (χ3v) is 2.45. The van der Waals surface area contributed by atoms with Crippen LogP contribution in [0.5, 0.6) is 0 Å². The van der Waals surface area contributed by atoms with Crippen LogP contribution in [0.25, 0.3) is 0 Å². The first-order valence-corrected chi connectivity index (χ1v) is 4.90. The molecule has 0 fully saturated rings. The van der Waals surface area contributed by atoms with Gasteiger partial charge in [-0.05, 0) is 6.07 Å². The monoisotopic (exact) mass is 223 g/mol. The van der Waals surface area contributed by atoms with Crippen molar-refractivity contribution < 1.29 is 4.39 Å². The van der Waals surface area contributed by atoms with E-state index >= 15 is 0 Å². The van der Waals surface area contributed by atoms with Crippen LogP contribution in [-0.4, -0.2) is 15.0 Å². The summed E-state index contributed by atoms with van der Waals surface area (Å²) in [7, 11) is 0. The van der Waals surface area contributed by atoms with Crippen molar-refractivity contribution in [3.8, 4) is 0 Å². The first-order valence-electron chi connectivity index (χ1n) is 4.09. The summed E-state index contributed by atoms with van der Waals surface area (Å²) in [5, 5.41) is 0.424. The van der Waals surface area contributed by atoms with Crippen LogP contribution in [0.3, 0.4) is 0 Å². The van der Waals surface area contributed by atoms with E-state index in [9.17, 15) is 9.18 Å². The maximum atomic E-state index is 12.7. The van der Waals surface area contributed by atoms with Gasteiger partial charge in [0.15, 0.2) is 5.16 Å². The van der Waals surface area contributed by atoms with E-state index in [1.54, 1.807) is 6.07 Å². The normalized spacial score (nSPS) is 10.2. The lowest BCUT2D eigenvalue weighted by atomic mass is 10.5. The molecule has 2 aromatic heterocycles. The van der Waals surface area contributed by atoms with Crippen molar-refractivity contribution in [2.45, 2.75) is 10.1 Å². The Morgan fingerprint density at radius 2 is 2.07 bits per heavy atom. The lowest BCUT2D eigenvalue weighted by Crippen LogP contribution is -2.04. The standard InChI is InChI=1S/C9H6FN3OS/c10-7-5-6(1-3-11-7)15-9-12-4-2-8(14)13-9/h1-5H,(H,12,13,14). The van der Waals surface area contributed by atoms with Crippen LogP contribution >= 0.6 is 11.8 Å². The molecule has 15 heavy (non-hydrogen) atoms. The van der Waals surface area contributed by atoms with Crippen molar-refractivity contribution in [1.82, 2.24) is 15.0 Å². The zero-order valence-corrected chi connectivity index (χ0v) is 8.29. The third-order valence-electron chi connectivity index (χ3n) is 1.56. The van der Waals surface area contributed by atoms with Crippen LogP contribution < -0.4 is 5.56 Å². The van der Waals surface area contributed by atoms with Gasteiger partial charge in [0.25, 0.3) is 5.56 Å². The van der Waals surface area contributed by atoms with Crippen molar-refractivity contribution >= 4 is 11.8 Å². The molecule has 0 unspecified atom stereocenters. The number of aromatic amines is 1. The lowest BCUT2D eigenvalue weighted by Gasteiger charge is -1.98. The number of pyridine rings is 1. The topological polar surface area (TPSA) is 58.6 Å². The minimum atomic E-state index is -0.557. The fourth-order valence-electron chi connectivity index (χ4n) is 0.964. The molecule has 0 spiro atoms. The molecular weight excluding hydrogens is 217 g/mol. The Bertz CT molecular complexity index is 529. The largest absolute Gasteiger partial charge is 0.301 e. The number of rotatable bonds is 2. The molecule has 0 aromatic carbocycles. The number of aromatic nitrogens is 3. The highest BCUT2D eigenvalue weighted by atomic mass is 32.2. The fraction of sp³-hybridized carbons (Fsp3) is 0. The molecule has 1 N–H and O–H groups in total. The second kappa shape index (κ2) is 4.22.